The first-order valence-electron chi connectivity index (χ1n) is 10.4. The van der Waals surface area contributed by atoms with Gasteiger partial charge in [-0.3, -0.25) is 4.79 Å². The van der Waals surface area contributed by atoms with Gasteiger partial charge in [0.1, 0.15) is 0 Å². The molecule has 0 spiro atoms. The minimum atomic E-state index is -0.896. The van der Waals surface area contributed by atoms with Gasteiger partial charge in [-0.05, 0) is 80.5 Å². The second-order valence-electron chi connectivity index (χ2n) is 9.33. The van der Waals surface area contributed by atoms with Crippen molar-refractivity contribution in [3.05, 3.63) is 29.8 Å². The van der Waals surface area contributed by atoms with Crippen molar-refractivity contribution >= 4 is 17.6 Å². The van der Waals surface area contributed by atoms with E-state index in [-0.39, 0.29) is 5.41 Å². The van der Waals surface area contributed by atoms with Crippen LogP contribution < -0.4 is 4.90 Å². The van der Waals surface area contributed by atoms with Crippen LogP contribution in [0.3, 0.4) is 0 Å². The van der Waals surface area contributed by atoms with E-state index in [4.69, 9.17) is 5.11 Å². The Labute approximate surface area is 160 Å². The molecular weight excluding hydrogens is 340 g/mol. The van der Waals surface area contributed by atoms with Crippen molar-refractivity contribution in [3.8, 4) is 0 Å². The number of hydrogen-bond acceptors (Lipinski definition) is 3. The van der Waals surface area contributed by atoms with Crippen LogP contribution in [0.4, 0.5) is 5.69 Å². The highest BCUT2D eigenvalue weighted by Gasteiger charge is 2.55. The van der Waals surface area contributed by atoms with Crippen molar-refractivity contribution in [3.63, 3.8) is 0 Å². The molecule has 4 aliphatic carbocycles. The molecule has 27 heavy (non-hydrogen) atoms. The molecule has 1 aliphatic heterocycles. The summed E-state index contributed by atoms with van der Waals surface area (Å²) in [4.78, 5) is 28.8. The van der Waals surface area contributed by atoms with Crippen molar-refractivity contribution in [1.29, 1.82) is 0 Å². The normalized spacial score (nSPS) is 34.7. The number of piperazine rings is 1. The van der Waals surface area contributed by atoms with Crippen LogP contribution in [0.5, 0.6) is 0 Å². The number of carboxylic acids is 1. The molecule has 1 saturated heterocycles. The molecule has 4 saturated carbocycles. The maximum absolute atomic E-state index is 13.5. The zero-order valence-corrected chi connectivity index (χ0v) is 15.8. The number of anilines is 1. The van der Waals surface area contributed by atoms with Gasteiger partial charge in [0.05, 0.1) is 11.0 Å². The number of rotatable bonds is 3. The van der Waals surface area contributed by atoms with Gasteiger partial charge in [0.15, 0.2) is 0 Å². The zero-order valence-electron chi connectivity index (χ0n) is 15.8. The highest BCUT2D eigenvalue weighted by Crippen LogP contribution is 2.60. The number of nitrogens with zero attached hydrogens (tertiary/aromatic N) is 2. The summed E-state index contributed by atoms with van der Waals surface area (Å²) in [6, 6.07) is 7.06. The number of aromatic carboxylic acids is 1. The fourth-order valence-corrected chi connectivity index (χ4v) is 6.69. The van der Waals surface area contributed by atoms with Gasteiger partial charge < -0.3 is 14.9 Å². The van der Waals surface area contributed by atoms with Crippen LogP contribution in [-0.2, 0) is 4.79 Å². The van der Waals surface area contributed by atoms with Crippen LogP contribution in [0.15, 0.2) is 24.3 Å². The van der Waals surface area contributed by atoms with Crippen molar-refractivity contribution < 1.29 is 14.7 Å². The lowest BCUT2D eigenvalue weighted by Gasteiger charge is -2.57. The van der Waals surface area contributed by atoms with Gasteiger partial charge in [0.25, 0.3) is 0 Å². The lowest BCUT2D eigenvalue weighted by atomic mass is 9.49. The fraction of sp³-hybridized carbons (Fsp3) is 0.636. The zero-order chi connectivity index (χ0) is 18.6. The Morgan fingerprint density at radius 2 is 1.37 bits per heavy atom. The lowest BCUT2D eigenvalue weighted by molar-refractivity contribution is -0.158. The second kappa shape index (κ2) is 6.25. The predicted octanol–water partition coefficient (Wildman–Crippen LogP) is 3.25. The molecule has 5 aliphatic rings. The van der Waals surface area contributed by atoms with E-state index in [0.717, 1.165) is 68.9 Å². The van der Waals surface area contributed by atoms with Gasteiger partial charge >= 0.3 is 5.97 Å². The average Bonchev–Trinajstić information content (AvgIpc) is 2.66. The van der Waals surface area contributed by atoms with Gasteiger partial charge in [0, 0.05) is 31.9 Å². The summed E-state index contributed by atoms with van der Waals surface area (Å²) in [5, 5.41) is 9.04. The number of carbonyl (C=O) groups is 2. The average molecular weight is 368 g/mol. The first kappa shape index (κ1) is 17.1. The summed E-state index contributed by atoms with van der Waals surface area (Å²) < 4.78 is 0. The third-order valence-corrected chi connectivity index (χ3v) is 7.54. The molecule has 6 rings (SSSR count). The third kappa shape index (κ3) is 2.91. The quantitative estimate of drug-likeness (QED) is 0.890. The summed E-state index contributed by atoms with van der Waals surface area (Å²) in [7, 11) is 0. The molecule has 1 heterocycles. The standard InChI is InChI=1S/C22H28N2O3/c25-20(26)18-1-3-19(4-2-18)23-5-7-24(8-6-23)21(27)22-12-15-9-16(13-22)11-17(10-15)14-22/h1-4,15-17H,5-14H2,(H,25,26). The molecule has 0 aromatic heterocycles. The molecule has 5 nitrogen and oxygen atoms in total. The molecule has 1 aromatic rings. The van der Waals surface area contributed by atoms with E-state index in [1.165, 1.54) is 19.3 Å². The van der Waals surface area contributed by atoms with Gasteiger partial charge in [-0.1, -0.05) is 0 Å². The Hall–Kier alpha value is -2.04. The number of amides is 1. The van der Waals surface area contributed by atoms with E-state index in [9.17, 15) is 9.59 Å². The van der Waals surface area contributed by atoms with Gasteiger partial charge in [-0.2, -0.15) is 0 Å². The van der Waals surface area contributed by atoms with Crippen LogP contribution in [0.25, 0.3) is 0 Å². The van der Waals surface area contributed by atoms with E-state index in [1.54, 1.807) is 12.1 Å². The number of carboxylic acid groups (broad SMARTS) is 1. The Morgan fingerprint density at radius 1 is 0.852 bits per heavy atom. The molecule has 0 atom stereocenters. The first-order valence-corrected chi connectivity index (χ1v) is 10.4. The summed E-state index contributed by atoms with van der Waals surface area (Å²) in [6.45, 7) is 3.21. The van der Waals surface area contributed by atoms with Gasteiger partial charge in [-0.15, -0.1) is 0 Å². The lowest BCUT2D eigenvalue weighted by Crippen LogP contribution is -2.58. The molecule has 4 bridgehead atoms. The molecule has 1 amide bonds. The van der Waals surface area contributed by atoms with Crippen LogP contribution in [0.2, 0.25) is 0 Å². The van der Waals surface area contributed by atoms with Crippen LogP contribution in [0.1, 0.15) is 48.9 Å². The molecule has 0 radical (unpaired) electrons. The predicted molar refractivity (Wildman–Crippen MR) is 103 cm³/mol. The third-order valence-electron chi connectivity index (χ3n) is 7.54. The SMILES string of the molecule is O=C(O)c1ccc(N2CCN(C(=O)C34CC5CC(CC(C5)C3)C4)CC2)cc1. The highest BCUT2D eigenvalue weighted by molar-refractivity contribution is 5.88. The minimum absolute atomic E-state index is 0.0416. The topological polar surface area (TPSA) is 60.9 Å². The molecule has 1 N–H and O–H groups in total. The van der Waals surface area contributed by atoms with Crippen LogP contribution >= 0.6 is 0 Å². The largest absolute Gasteiger partial charge is 0.478 e. The summed E-state index contributed by atoms with van der Waals surface area (Å²) >= 11 is 0. The van der Waals surface area contributed by atoms with Crippen molar-refractivity contribution in [2.45, 2.75) is 38.5 Å². The Kier molecular flexibility index (Phi) is 3.95. The Bertz CT molecular complexity index is 714. The van der Waals surface area contributed by atoms with E-state index in [2.05, 4.69) is 9.80 Å². The molecule has 144 valence electrons. The van der Waals surface area contributed by atoms with E-state index >= 15 is 0 Å². The van der Waals surface area contributed by atoms with Gasteiger partial charge in [-0.25, -0.2) is 4.79 Å². The van der Waals surface area contributed by atoms with E-state index in [0.29, 0.717) is 11.5 Å². The Balaban J connectivity index is 1.24. The fourth-order valence-electron chi connectivity index (χ4n) is 6.69. The summed E-state index contributed by atoms with van der Waals surface area (Å²) in [5.41, 5.74) is 1.32. The van der Waals surface area contributed by atoms with Crippen molar-refractivity contribution in [2.24, 2.45) is 23.2 Å². The molecular formula is C22H28N2O3. The van der Waals surface area contributed by atoms with Crippen LogP contribution in [0, 0.1) is 23.2 Å². The first-order chi connectivity index (χ1) is 13.0. The maximum atomic E-state index is 13.5. The van der Waals surface area contributed by atoms with Crippen molar-refractivity contribution in [2.75, 3.05) is 31.1 Å². The van der Waals surface area contributed by atoms with Crippen LogP contribution in [-0.4, -0.2) is 48.1 Å². The number of benzene rings is 1. The van der Waals surface area contributed by atoms with Gasteiger partial charge in [0.2, 0.25) is 5.91 Å². The number of hydrogen-bond donors (Lipinski definition) is 1. The van der Waals surface area contributed by atoms with E-state index in [1.807, 2.05) is 12.1 Å². The monoisotopic (exact) mass is 368 g/mol. The minimum Gasteiger partial charge on any atom is -0.478 e. The molecule has 0 unspecified atom stereocenters. The van der Waals surface area contributed by atoms with E-state index < -0.39 is 5.97 Å². The molecule has 5 fully saturated rings. The second-order valence-corrected chi connectivity index (χ2v) is 9.33. The molecule has 5 heteroatoms. The molecule has 1 aromatic carbocycles. The smallest absolute Gasteiger partial charge is 0.335 e. The summed E-state index contributed by atoms with van der Waals surface area (Å²) in [6.07, 6.45) is 7.50. The Morgan fingerprint density at radius 3 is 1.85 bits per heavy atom. The number of carbonyl (C=O) groups excluding carboxylic acids is 1. The summed E-state index contributed by atoms with van der Waals surface area (Å²) in [5.74, 6) is 1.94. The van der Waals surface area contributed by atoms with Crippen molar-refractivity contribution in [1.82, 2.24) is 4.90 Å². The highest BCUT2D eigenvalue weighted by atomic mass is 16.4. The maximum Gasteiger partial charge on any atom is 0.335 e.